The number of hydrogen-bond acceptors (Lipinski definition) is 3. The number of β-lactam (4-membered cyclic amide) rings is 1. The van der Waals surface area contributed by atoms with Gasteiger partial charge in [-0.05, 0) is 36.0 Å². The van der Waals surface area contributed by atoms with Gasteiger partial charge >= 0.3 is 0 Å². The van der Waals surface area contributed by atoms with Crippen molar-refractivity contribution < 1.29 is 14.0 Å². The lowest BCUT2D eigenvalue weighted by Crippen LogP contribution is -2.66. The summed E-state index contributed by atoms with van der Waals surface area (Å²) in [4.78, 5) is 14.6. The summed E-state index contributed by atoms with van der Waals surface area (Å²) in [6.45, 7) is 17.6. The Hall–Kier alpha value is -1.17. The van der Waals surface area contributed by atoms with Gasteiger partial charge in [-0.25, -0.2) is 0 Å². The fourth-order valence-corrected chi connectivity index (χ4v) is 4.15. The van der Waals surface area contributed by atoms with Crippen molar-refractivity contribution in [1.29, 1.82) is 0 Å². The van der Waals surface area contributed by atoms with Crippen molar-refractivity contribution in [2.45, 2.75) is 77.9 Å². The maximum atomic E-state index is 12.6. The van der Waals surface area contributed by atoms with Gasteiger partial charge in [0.05, 0.1) is 12.6 Å². The number of rotatable bonds is 9. The van der Waals surface area contributed by atoms with Crippen molar-refractivity contribution >= 4 is 14.2 Å². The minimum Gasteiger partial charge on any atom is -0.417 e. The average Bonchev–Trinajstić information content (AvgIpc) is 2.58. The molecular formula is C22H37NO3Si. The first-order valence-electron chi connectivity index (χ1n) is 10.1. The Morgan fingerprint density at radius 1 is 1.15 bits per heavy atom. The van der Waals surface area contributed by atoms with Crippen LogP contribution in [0.2, 0.25) is 18.1 Å². The topological polar surface area (TPSA) is 38.8 Å². The molecule has 2 rings (SSSR count). The SMILES string of the molecule is CC(C)CN1C(=O)[C@@H](OCc2ccccc2)[C@H]1CCO[Si](C)(C)C(C)(C)C. The number of likely N-dealkylation sites (tertiary alicyclic amines) is 1. The van der Waals surface area contributed by atoms with Gasteiger partial charge < -0.3 is 14.1 Å². The number of benzene rings is 1. The van der Waals surface area contributed by atoms with E-state index >= 15 is 0 Å². The van der Waals surface area contributed by atoms with Crippen molar-refractivity contribution in [3.63, 3.8) is 0 Å². The molecule has 4 nitrogen and oxygen atoms in total. The Kier molecular flexibility index (Phi) is 7.28. The van der Waals surface area contributed by atoms with Crippen molar-refractivity contribution in [3.8, 4) is 0 Å². The second-order valence-electron chi connectivity index (χ2n) is 9.57. The van der Waals surface area contributed by atoms with Gasteiger partial charge in [0.1, 0.15) is 0 Å². The lowest BCUT2D eigenvalue weighted by molar-refractivity contribution is -0.178. The molecule has 1 fully saturated rings. The van der Waals surface area contributed by atoms with Crippen LogP contribution in [0.15, 0.2) is 30.3 Å². The minimum atomic E-state index is -1.77. The first-order valence-corrected chi connectivity index (χ1v) is 13.0. The van der Waals surface area contributed by atoms with Crippen molar-refractivity contribution in [3.05, 3.63) is 35.9 Å². The van der Waals surface area contributed by atoms with Crippen LogP contribution in [0.5, 0.6) is 0 Å². The zero-order valence-electron chi connectivity index (χ0n) is 18.1. The highest BCUT2D eigenvalue weighted by Gasteiger charge is 2.48. The van der Waals surface area contributed by atoms with Gasteiger partial charge in [0.15, 0.2) is 14.4 Å². The van der Waals surface area contributed by atoms with Gasteiger partial charge in [-0.1, -0.05) is 65.0 Å². The number of nitrogens with zero attached hydrogens (tertiary/aromatic N) is 1. The molecule has 27 heavy (non-hydrogen) atoms. The predicted octanol–water partition coefficient (Wildman–Crippen LogP) is 4.85. The van der Waals surface area contributed by atoms with Crippen LogP contribution >= 0.6 is 0 Å². The number of carbonyl (C=O) groups is 1. The van der Waals surface area contributed by atoms with Crippen LogP contribution in [-0.2, 0) is 20.6 Å². The van der Waals surface area contributed by atoms with Gasteiger partial charge in [-0.15, -0.1) is 0 Å². The third-order valence-electron chi connectivity index (χ3n) is 5.79. The molecule has 1 heterocycles. The molecule has 0 aliphatic carbocycles. The van der Waals surface area contributed by atoms with E-state index < -0.39 is 8.32 Å². The van der Waals surface area contributed by atoms with Crippen LogP contribution in [0.25, 0.3) is 0 Å². The van der Waals surface area contributed by atoms with Crippen LogP contribution in [-0.4, -0.2) is 44.4 Å². The van der Waals surface area contributed by atoms with E-state index in [4.69, 9.17) is 9.16 Å². The summed E-state index contributed by atoms with van der Waals surface area (Å²) in [6.07, 6.45) is 0.497. The van der Waals surface area contributed by atoms with E-state index in [0.717, 1.165) is 18.5 Å². The summed E-state index contributed by atoms with van der Waals surface area (Å²) >= 11 is 0. The average molecular weight is 392 g/mol. The van der Waals surface area contributed by atoms with Crippen molar-refractivity contribution in [2.75, 3.05) is 13.2 Å². The molecule has 0 N–H and O–H groups in total. The Morgan fingerprint density at radius 3 is 2.33 bits per heavy atom. The monoisotopic (exact) mass is 391 g/mol. The van der Waals surface area contributed by atoms with Crippen LogP contribution in [0.4, 0.5) is 0 Å². The van der Waals surface area contributed by atoms with Gasteiger partial charge in [0.25, 0.3) is 5.91 Å². The molecule has 1 aromatic rings. The molecule has 0 spiro atoms. The molecule has 1 aliphatic heterocycles. The predicted molar refractivity (Wildman–Crippen MR) is 113 cm³/mol. The third kappa shape index (κ3) is 5.66. The number of ether oxygens (including phenoxy) is 1. The maximum absolute atomic E-state index is 12.6. The summed E-state index contributed by atoms with van der Waals surface area (Å²) in [5.74, 6) is 0.574. The molecule has 0 saturated carbocycles. The van der Waals surface area contributed by atoms with Crippen molar-refractivity contribution in [2.24, 2.45) is 5.92 Å². The second-order valence-corrected chi connectivity index (χ2v) is 14.4. The van der Waals surface area contributed by atoms with E-state index in [-0.39, 0.29) is 23.1 Å². The molecule has 5 heteroatoms. The zero-order chi connectivity index (χ0) is 20.2. The van der Waals surface area contributed by atoms with Crippen LogP contribution in [0.3, 0.4) is 0 Å². The second kappa shape index (κ2) is 8.89. The highest BCUT2D eigenvalue weighted by Crippen LogP contribution is 2.37. The Bertz CT molecular complexity index is 610. The fourth-order valence-electron chi connectivity index (χ4n) is 3.09. The molecule has 1 aliphatic rings. The van der Waals surface area contributed by atoms with Crippen LogP contribution < -0.4 is 0 Å². The molecule has 1 aromatic carbocycles. The summed E-state index contributed by atoms with van der Waals surface area (Å²) in [7, 11) is -1.77. The standard InChI is InChI=1S/C22H37NO3Si/c1-17(2)15-23-19(13-14-26-27(6,7)22(3,4)5)20(21(23)24)25-16-18-11-9-8-10-12-18/h8-12,17,19-20H,13-16H2,1-7H3/t19-,20+/m1/s1. The molecule has 152 valence electrons. The lowest BCUT2D eigenvalue weighted by Gasteiger charge is -2.48. The summed E-state index contributed by atoms with van der Waals surface area (Å²) in [5.41, 5.74) is 1.10. The molecule has 0 radical (unpaired) electrons. The maximum Gasteiger partial charge on any atom is 0.254 e. The molecule has 0 aromatic heterocycles. The lowest BCUT2D eigenvalue weighted by atomic mass is 9.93. The summed E-state index contributed by atoms with van der Waals surface area (Å²) < 4.78 is 12.4. The zero-order valence-corrected chi connectivity index (χ0v) is 19.1. The van der Waals surface area contributed by atoms with Gasteiger partial charge in [0, 0.05) is 13.2 Å². The highest BCUT2D eigenvalue weighted by atomic mass is 28.4. The van der Waals surface area contributed by atoms with Crippen LogP contribution in [0.1, 0.15) is 46.6 Å². The molecule has 0 unspecified atom stereocenters. The Balaban J connectivity index is 1.95. The van der Waals surface area contributed by atoms with Crippen molar-refractivity contribution in [1.82, 2.24) is 4.90 Å². The fraction of sp³-hybridized carbons (Fsp3) is 0.682. The molecule has 1 amide bonds. The highest BCUT2D eigenvalue weighted by molar-refractivity contribution is 6.74. The number of hydrogen-bond donors (Lipinski definition) is 0. The van der Waals surface area contributed by atoms with E-state index in [2.05, 4.69) is 47.7 Å². The van der Waals surface area contributed by atoms with E-state index in [1.165, 1.54) is 0 Å². The smallest absolute Gasteiger partial charge is 0.254 e. The Morgan fingerprint density at radius 2 is 1.78 bits per heavy atom. The van der Waals surface area contributed by atoms with Gasteiger partial charge in [-0.2, -0.15) is 0 Å². The summed E-state index contributed by atoms with van der Waals surface area (Å²) in [5, 5.41) is 0.198. The Labute approximate surface area is 166 Å². The van der Waals surface area contributed by atoms with E-state index in [1.807, 2.05) is 35.2 Å². The number of amides is 1. The van der Waals surface area contributed by atoms with E-state index in [9.17, 15) is 4.79 Å². The first-order chi connectivity index (χ1) is 12.5. The van der Waals surface area contributed by atoms with E-state index in [0.29, 0.717) is 19.1 Å². The third-order valence-corrected chi connectivity index (χ3v) is 10.3. The normalized spacial score (nSPS) is 20.9. The number of carbonyl (C=O) groups excluding carboxylic acids is 1. The van der Waals surface area contributed by atoms with Gasteiger partial charge in [0.2, 0.25) is 0 Å². The molecule has 2 atom stereocenters. The van der Waals surface area contributed by atoms with Gasteiger partial charge in [-0.3, -0.25) is 4.79 Å². The van der Waals surface area contributed by atoms with Crippen LogP contribution in [0, 0.1) is 5.92 Å². The summed E-state index contributed by atoms with van der Waals surface area (Å²) in [6, 6.07) is 10.2. The first kappa shape index (κ1) is 22.1. The molecule has 1 saturated heterocycles. The minimum absolute atomic E-state index is 0.119. The van der Waals surface area contributed by atoms with E-state index in [1.54, 1.807) is 0 Å². The molecular weight excluding hydrogens is 354 g/mol. The largest absolute Gasteiger partial charge is 0.417 e. The molecule has 0 bridgehead atoms. The quantitative estimate of drug-likeness (QED) is 0.446.